The van der Waals surface area contributed by atoms with Gasteiger partial charge in [-0.05, 0) is 30.6 Å². The first-order valence-corrected chi connectivity index (χ1v) is 9.89. The SMILES string of the molecule is CCCCCCOP(=S)(S)OCCC(C)C. The van der Waals surface area contributed by atoms with Crippen molar-refractivity contribution < 1.29 is 9.05 Å². The van der Waals surface area contributed by atoms with Crippen LogP contribution in [0, 0.1) is 5.92 Å². The van der Waals surface area contributed by atoms with Crippen LogP contribution in [0.25, 0.3) is 0 Å². The summed E-state index contributed by atoms with van der Waals surface area (Å²) in [5.41, 5.74) is -2.27. The van der Waals surface area contributed by atoms with Gasteiger partial charge in [-0.1, -0.05) is 52.3 Å². The second-order valence-corrected chi connectivity index (χ2v) is 9.67. The van der Waals surface area contributed by atoms with Crippen LogP contribution < -0.4 is 0 Å². The molecule has 0 bridgehead atoms. The van der Waals surface area contributed by atoms with Crippen LogP contribution in [0.4, 0.5) is 0 Å². The molecule has 1 unspecified atom stereocenters. The first kappa shape index (κ1) is 16.9. The molecule has 1 atom stereocenters. The molecule has 0 amide bonds. The largest absolute Gasteiger partial charge is 0.322 e. The Labute approximate surface area is 111 Å². The van der Waals surface area contributed by atoms with Crippen molar-refractivity contribution in [1.82, 2.24) is 0 Å². The molecular formula is C11H25O2PS2. The van der Waals surface area contributed by atoms with E-state index in [2.05, 4.69) is 33.0 Å². The predicted molar refractivity (Wildman–Crippen MR) is 78.8 cm³/mol. The molecule has 98 valence electrons. The molecule has 5 heteroatoms. The third-order valence-corrected chi connectivity index (χ3v) is 4.54. The molecule has 0 fully saturated rings. The third-order valence-electron chi connectivity index (χ3n) is 2.20. The summed E-state index contributed by atoms with van der Waals surface area (Å²) in [5, 5.41) is 0. The van der Waals surface area contributed by atoms with Gasteiger partial charge in [0.15, 0.2) is 0 Å². The lowest BCUT2D eigenvalue weighted by Crippen LogP contribution is -1.98. The minimum atomic E-state index is -2.27. The quantitative estimate of drug-likeness (QED) is 0.353. The Balaban J connectivity index is 3.50. The molecule has 2 nitrogen and oxygen atoms in total. The van der Waals surface area contributed by atoms with Crippen LogP contribution in [0.1, 0.15) is 52.9 Å². The van der Waals surface area contributed by atoms with Crippen LogP contribution in [-0.2, 0) is 20.9 Å². The Morgan fingerprint density at radius 3 is 2.31 bits per heavy atom. The van der Waals surface area contributed by atoms with E-state index >= 15 is 0 Å². The summed E-state index contributed by atoms with van der Waals surface area (Å²) in [6.45, 7) is 7.86. The smallest absolute Gasteiger partial charge is 0.244 e. The Kier molecular flexibility index (Phi) is 10.5. The van der Waals surface area contributed by atoms with Gasteiger partial charge in [0.2, 0.25) is 5.69 Å². The highest BCUT2D eigenvalue weighted by Gasteiger charge is 2.12. The lowest BCUT2D eigenvalue weighted by molar-refractivity contribution is 0.243. The molecule has 0 aliphatic heterocycles. The highest BCUT2D eigenvalue weighted by atomic mass is 32.9. The Bertz CT molecular complexity index is 210. The fourth-order valence-electron chi connectivity index (χ4n) is 1.15. The summed E-state index contributed by atoms with van der Waals surface area (Å²) in [6.07, 6.45) is 5.76. The standard InChI is InChI=1S/C11H25O2PS2/c1-4-5-6-7-9-12-14(15,16)13-10-8-11(2)3/h11H,4-10H2,1-3H3,(H,15,16). The van der Waals surface area contributed by atoms with E-state index in [1.54, 1.807) is 0 Å². The molecule has 0 aromatic carbocycles. The number of rotatable bonds is 10. The third kappa shape index (κ3) is 11.4. The Morgan fingerprint density at radius 2 is 1.75 bits per heavy atom. The first-order chi connectivity index (χ1) is 7.48. The van der Waals surface area contributed by atoms with E-state index < -0.39 is 5.69 Å². The summed E-state index contributed by atoms with van der Waals surface area (Å²) in [4.78, 5) is 0. The molecule has 0 radical (unpaired) electrons. The number of hydrogen-bond donors (Lipinski definition) is 1. The van der Waals surface area contributed by atoms with E-state index in [1.165, 1.54) is 19.3 Å². The number of unbranched alkanes of at least 4 members (excludes halogenated alkanes) is 3. The molecule has 0 spiro atoms. The van der Waals surface area contributed by atoms with Gasteiger partial charge in [0, 0.05) is 0 Å². The van der Waals surface area contributed by atoms with E-state index in [0.717, 1.165) is 12.8 Å². The summed E-state index contributed by atoms with van der Waals surface area (Å²) in [6, 6.07) is 0. The van der Waals surface area contributed by atoms with Crippen LogP contribution in [0.5, 0.6) is 0 Å². The van der Waals surface area contributed by atoms with Crippen molar-refractivity contribution in [3.05, 3.63) is 0 Å². The Morgan fingerprint density at radius 1 is 1.12 bits per heavy atom. The normalized spacial score (nSPS) is 15.3. The van der Waals surface area contributed by atoms with Crippen molar-refractivity contribution in [3.63, 3.8) is 0 Å². The fourth-order valence-corrected chi connectivity index (χ4v) is 2.86. The monoisotopic (exact) mass is 284 g/mol. The molecule has 0 saturated heterocycles. The van der Waals surface area contributed by atoms with Gasteiger partial charge in [-0.25, -0.2) is 0 Å². The van der Waals surface area contributed by atoms with Crippen molar-refractivity contribution in [2.45, 2.75) is 52.9 Å². The highest BCUT2D eigenvalue weighted by Crippen LogP contribution is 2.53. The minimum Gasteiger partial charge on any atom is -0.322 e. The first-order valence-electron chi connectivity index (χ1n) is 6.10. The second-order valence-electron chi connectivity index (χ2n) is 4.38. The highest BCUT2D eigenvalue weighted by molar-refractivity contribution is 8.60. The van der Waals surface area contributed by atoms with Crippen molar-refractivity contribution in [2.75, 3.05) is 13.2 Å². The van der Waals surface area contributed by atoms with Crippen molar-refractivity contribution in [3.8, 4) is 0 Å². The average molecular weight is 284 g/mol. The minimum absolute atomic E-state index is 0.632. The van der Waals surface area contributed by atoms with E-state index in [-0.39, 0.29) is 0 Å². The number of thiol groups is 1. The molecule has 16 heavy (non-hydrogen) atoms. The summed E-state index contributed by atoms with van der Waals surface area (Å²) >= 11 is 9.50. The maximum absolute atomic E-state index is 5.53. The molecule has 0 aromatic heterocycles. The summed E-state index contributed by atoms with van der Waals surface area (Å²) < 4.78 is 11.0. The molecule has 0 aromatic rings. The maximum atomic E-state index is 5.53. The molecule has 0 rings (SSSR count). The van der Waals surface area contributed by atoms with E-state index in [9.17, 15) is 0 Å². The molecule has 0 N–H and O–H groups in total. The zero-order chi connectivity index (χ0) is 12.4. The Hall–Kier alpha value is 0.920. The van der Waals surface area contributed by atoms with Crippen molar-refractivity contribution >= 4 is 29.7 Å². The van der Waals surface area contributed by atoms with Crippen molar-refractivity contribution in [1.29, 1.82) is 0 Å². The second kappa shape index (κ2) is 9.90. The van der Waals surface area contributed by atoms with Crippen LogP contribution in [-0.4, -0.2) is 13.2 Å². The van der Waals surface area contributed by atoms with E-state index in [4.69, 9.17) is 20.9 Å². The van der Waals surface area contributed by atoms with E-state index in [1.807, 2.05) is 0 Å². The summed E-state index contributed by atoms with van der Waals surface area (Å²) in [5.74, 6) is 0.632. The lowest BCUT2D eigenvalue weighted by atomic mass is 10.2. The van der Waals surface area contributed by atoms with Gasteiger partial charge < -0.3 is 9.05 Å². The summed E-state index contributed by atoms with van der Waals surface area (Å²) in [7, 11) is 0. The van der Waals surface area contributed by atoms with Gasteiger partial charge in [0.1, 0.15) is 0 Å². The van der Waals surface area contributed by atoms with Crippen LogP contribution >= 0.6 is 17.9 Å². The van der Waals surface area contributed by atoms with Crippen molar-refractivity contribution in [2.24, 2.45) is 5.92 Å². The van der Waals surface area contributed by atoms with Gasteiger partial charge in [-0.2, -0.15) is 0 Å². The topological polar surface area (TPSA) is 18.5 Å². The van der Waals surface area contributed by atoms with Crippen LogP contribution in [0.2, 0.25) is 0 Å². The predicted octanol–water partition coefficient (Wildman–Crippen LogP) is 4.80. The fraction of sp³-hybridized carbons (Fsp3) is 1.00. The van der Waals surface area contributed by atoms with Gasteiger partial charge in [0.05, 0.1) is 13.2 Å². The van der Waals surface area contributed by atoms with Gasteiger partial charge in [-0.3, -0.25) is 0 Å². The molecular weight excluding hydrogens is 259 g/mol. The molecule has 0 aliphatic carbocycles. The average Bonchev–Trinajstić information content (AvgIpc) is 2.16. The zero-order valence-corrected chi connectivity index (χ0v) is 13.3. The van der Waals surface area contributed by atoms with Crippen LogP contribution in [0.15, 0.2) is 0 Å². The zero-order valence-electron chi connectivity index (χ0n) is 10.6. The molecule has 0 aliphatic rings. The maximum Gasteiger partial charge on any atom is 0.244 e. The molecule has 0 heterocycles. The van der Waals surface area contributed by atoms with Gasteiger partial charge in [-0.15, -0.1) is 0 Å². The van der Waals surface area contributed by atoms with Gasteiger partial charge in [0.25, 0.3) is 0 Å². The van der Waals surface area contributed by atoms with E-state index in [0.29, 0.717) is 19.1 Å². The van der Waals surface area contributed by atoms with Crippen LogP contribution in [0.3, 0.4) is 0 Å². The number of hydrogen-bond acceptors (Lipinski definition) is 3. The lowest BCUT2D eigenvalue weighted by Gasteiger charge is -2.17. The molecule has 0 saturated carbocycles. The van der Waals surface area contributed by atoms with Gasteiger partial charge >= 0.3 is 0 Å².